The summed E-state index contributed by atoms with van der Waals surface area (Å²) in [6.45, 7) is 9.71. The fraction of sp³-hybridized carbons (Fsp3) is 0.529. The molecule has 2 amide bonds. The molecular formula is C17H26N2O3. The van der Waals surface area contributed by atoms with Gasteiger partial charge in [-0.05, 0) is 37.8 Å². The molecule has 0 fully saturated rings. The van der Waals surface area contributed by atoms with Crippen LogP contribution in [0.1, 0.15) is 44.9 Å². The molecule has 0 heterocycles. The summed E-state index contributed by atoms with van der Waals surface area (Å²) in [5.41, 5.74) is 2.18. The second kappa shape index (κ2) is 8.41. The van der Waals surface area contributed by atoms with E-state index >= 15 is 0 Å². The van der Waals surface area contributed by atoms with E-state index in [2.05, 4.69) is 10.6 Å². The Morgan fingerprint density at radius 1 is 1.14 bits per heavy atom. The van der Waals surface area contributed by atoms with Crippen molar-refractivity contribution in [2.75, 3.05) is 6.61 Å². The van der Waals surface area contributed by atoms with Gasteiger partial charge in [0.25, 0.3) is 0 Å². The molecule has 0 saturated carbocycles. The number of nitrogens with one attached hydrogen (secondary N) is 2. The number of carbonyl (C=O) groups excluding carboxylic acids is 2. The number of aryl methyl sites for hydroxylation is 1. The van der Waals surface area contributed by atoms with Gasteiger partial charge in [-0.1, -0.05) is 38.1 Å². The van der Waals surface area contributed by atoms with Gasteiger partial charge in [-0.25, -0.2) is 4.79 Å². The lowest BCUT2D eigenvalue weighted by molar-refractivity contribution is -0.124. The highest BCUT2D eigenvalue weighted by Gasteiger charge is 2.26. The Bertz CT molecular complexity index is 514. The van der Waals surface area contributed by atoms with Gasteiger partial charge in [-0.3, -0.25) is 4.79 Å². The minimum atomic E-state index is -0.620. The van der Waals surface area contributed by atoms with Crippen LogP contribution in [0.2, 0.25) is 0 Å². The summed E-state index contributed by atoms with van der Waals surface area (Å²) in [5.74, 6) is -0.243. The molecule has 0 spiro atoms. The highest BCUT2D eigenvalue weighted by atomic mass is 16.5. The van der Waals surface area contributed by atoms with Crippen LogP contribution in [0.3, 0.4) is 0 Å². The molecule has 0 unspecified atom stereocenters. The predicted molar refractivity (Wildman–Crippen MR) is 86.5 cm³/mol. The van der Waals surface area contributed by atoms with Crippen molar-refractivity contribution in [2.24, 2.45) is 5.92 Å². The molecule has 1 rings (SSSR count). The maximum atomic E-state index is 12.4. The first-order valence-electron chi connectivity index (χ1n) is 7.66. The zero-order valence-corrected chi connectivity index (χ0v) is 14.0. The van der Waals surface area contributed by atoms with Crippen LogP contribution in [0.15, 0.2) is 24.3 Å². The quantitative estimate of drug-likeness (QED) is 0.849. The average molecular weight is 306 g/mol. The monoisotopic (exact) mass is 306 g/mol. The molecule has 1 aromatic carbocycles. The first kappa shape index (κ1) is 18.0. The normalized spacial score (nSPS) is 13.4. The maximum Gasteiger partial charge on any atom is 0.407 e. The Kier molecular flexibility index (Phi) is 6.89. The van der Waals surface area contributed by atoms with Crippen LogP contribution in [0, 0.1) is 12.8 Å². The zero-order chi connectivity index (χ0) is 16.7. The Morgan fingerprint density at radius 3 is 2.32 bits per heavy atom. The second-order valence-corrected chi connectivity index (χ2v) is 5.67. The predicted octanol–water partition coefficient (Wildman–Crippen LogP) is 2.94. The van der Waals surface area contributed by atoms with Crippen molar-refractivity contribution < 1.29 is 14.3 Å². The number of hydrogen-bond acceptors (Lipinski definition) is 3. The van der Waals surface area contributed by atoms with E-state index in [1.807, 2.05) is 52.0 Å². The lowest BCUT2D eigenvalue weighted by Crippen LogP contribution is -2.50. The number of carbonyl (C=O) groups is 2. The maximum absolute atomic E-state index is 12.4. The van der Waals surface area contributed by atoms with Crippen LogP contribution in [-0.4, -0.2) is 24.6 Å². The molecule has 5 nitrogen and oxygen atoms in total. The van der Waals surface area contributed by atoms with E-state index in [0.29, 0.717) is 0 Å². The van der Waals surface area contributed by atoms with Gasteiger partial charge in [0.15, 0.2) is 0 Å². The molecule has 122 valence electrons. The van der Waals surface area contributed by atoms with Crippen LogP contribution in [-0.2, 0) is 9.53 Å². The average Bonchev–Trinajstić information content (AvgIpc) is 2.44. The smallest absolute Gasteiger partial charge is 0.407 e. The molecule has 5 heteroatoms. The summed E-state index contributed by atoms with van der Waals surface area (Å²) in [6, 6.07) is 7.16. The molecule has 2 N–H and O–H groups in total. The first-order chi connectivity index (χ1) is 10.4. The largest absolute Gasteiger partial charge is 0.450 e. The van der Waals surface area contributed by atoms with E-state index in [-0.39, 0.29) is 24.5 Å². The van der Waals surface area contributed by atoms with E-state index in [0.717, 1.165) is 11.1 Å². The summed E-state index contributed by atoms with van der Waals surface area (Å²) in [5, 5.41) is 5.57. The third kappa shape index (κ3) is 5.06. The Labute approximate surface area is 132 Å². The van der Waals surface area contributed by atoms with Crippen molar-refractivity contribution in [3.8, 4) is 0 Å². The zero-order valence-electron chi connectivity index (χ0n) is 14.0. The van der Waals surface area contributed by atoms with Gasteiger partial charge in [0.1, 0.15) is 6.04 Å². The van der Waals surface area contributed by atoms with E-state index < -0.39 is 12.1 Å². The fourth-order valence-electron chi connectivity index (χ4n) is 2.29. The van der Waals surface area contributed by atoms with E-state index in [9.17, 15) is 9.59 Å². The standard InChI is InChI=1S/C17H26N2O3/c1-6-22-17(21)19-15(11(2)3)16(20)18-13(5)14-10-8-7-9-12(14)4/h7-11,13,15H,6H2,1-5H3,(H,18,20)(H,19,21)/t13-,15-/m1/s1. The minimum Gasteiger partial charge on any atom is -0.450 e. The van der Waals surface area contributed by atoms with Gasteiger partial charge in [0, 0.05) is 0 Å². The van der Waals surface area contributed by atoms with Crippen LogP contribution in [0.5, 0.6) is 0 Å². The summed E-state index contributed by atoms with van der Waals surface area (Å²) >= 11 is 0. The third-order valence-electron chi connectivity index (χ3n) is 3.51. The first-order valence-corrected chi connectivity index (χ1v) is 7.66. The molecule has 1 aromatic rings. The van der Waals surface area contributed by atoms with Crippen molar-refractivity contribution in [1.82, 2.24) is 10.6 Å². The molecule has 0 aromatic heterocycles. The molecule has 0 radical (unpaired) electrons. The molecule has 0 aliphatic heterocycles. The fourth-order valence-corrected chi connectivity index (χ4v) is 2.29. The van der Waals surface area contributed by atoms with Gasteiger partial charge in [-0.15, -0.1) is 0 Å². The number of alkyl carbamates (subject to hydrolysis) is 1. The van der Waals surface area contributed by atoms with Crippen molar-refractivity contribution in [2.45, 2.75) is 46.7 Å². The number of rotatable bonds is 6. The van der Waals surface area contributed by atoms with Gasteiger partial charge in [0.2, 0.25) is 5.91 Å². The summed E-state index contributed by atoms with van der Waals surface area (Å²) < 4.78 is 4.85. The lowest BCUT2D eigenvalue weighted by Gasteiger charge is -2.24. The second-order valence-electron chi connectivity index (χ2n) is 5.67. The van der Waals surface area contributed by atoms with Crippen molar-refractivity contribution >= 4 is 12.0 Å². The van der Waals surface area contributed by atoms with Gasteiger partial charge in [0.05, 0.1) is 12.6 Å². The molecular weight excluding hydrogens is 280 g/mol. The van der Waals surface area contributed by atoms with Crippen LogP contribution < -0.4 is 10.6 Å². The molecule has 0 saturated heterocycles. The van der Waals surface area contributed by atoms with E-state index in [1.165, 1.54) is 0 Å². The summed E-state index contributed by atoms with van der Waals surface area (Å²) in [4.78, 5) is 24.0. The van der Waals surface area contributed by atoms with E-state index in [4.69, 9.17) is 4.74 Å². The highest BCUT2D eigenvalue weighted by Crippen LogP contribution is 2.17. The van der Waals surface area contributed by atoms with Crippen LogP contribution >= 0.6 is 0 Å². The number of benzene rings is 1. The highest BCUT2D eigenvalue weighted by molar-refractivity contribution is 5.86. The molecule has 0 aliphatic carbocycles. The minimum absolute atomic E-state index is 0.0338. The Balaban J connectivity index is 2.75. The van der Waals surface area contributed by atoms with Gasteiger partial charge >= 0.3 is 6.09 Å². The molecule has 2 atom stereocenters. The summed E-state index contributed by atoms with van der Waals surface area (Å²) in [7, 11) is 0. The van der Waals surface area contributed by atoms with Gasteiger partial charge < -0.3 is 15.4 Å². The van der Waals surface area contributed by atoms with Crippen molar-refractivity contribution in [3.05, 3.63) is 35.4 Å². The SMILES string of the molecule is CCOC(=O)N[C@@H](C(=O)N[C@H](C)c1ccccc1C)C(C)C. The molecule has 0 bridgehead atoms. The number of ether oxygens (including phenoxy) is 1. The lowest BCUT2D eigenvalue weighted by atomic mass is 10.00. The number of hydrogen-bond donors (Lipinski definition) is 2. The molecule has 22 heavy (non-hydrogen) atoms. The Morgan fingerprint density at radius 2 is 1.77 bits per heavy atom. The third-order valence-corrected chi connectivity index (χ3v) is 3.51. The topological polar surface area (TPSA) is 67.4 Å². The Hall–Kier alpha value is -2.04. The van der Waals surface area contributed by atoms with Crippen molar-refractivity contribution in [1.29, 1.82) is 0 Å². The van der Waals surface area contributed by atoms with Gasteiger partial charge in [-0.2, -0.15) is 0 Å². The van der Waals surface area contributed by atoms with Crippen LogP contribution in [0.4, 0.5) is 4.79 Å². The number of amides is 2. The summed E-state index contributed by atoms with van der Waals surface area (Å²) in [6.07, 6.45) is -0.570. The molecule has 0 aliphatic rings. The van der Waals surface area contributed by atoms with Crippen LogP contribution in [0.25, 0.3) is 0 Å². The van der Waals surface area contributed by atoms with Crippen molar-refractivity contribution in [3.63, 3.8) is 0 Å². The van der Waals surface area contributed by atoms with E-state index in [1.54, 1.807) is 6.92 Å².